The lowest BCUT2D eigenvalue weighted by Crippen LogP contribution is -2.13. The van der Waals surface area contributed by atoms with Gasteiger partial charge in [0.1, 0.15) is 11.1 Å². The molecule has 2 atom stereocenters. The molecule has 1 fully saturated rings. The van der Waals surface area contributed by atoms with E-state index in [1.807, 2.05) is 74.0 Å². The number of nitrogens with zero attached hydrogens (tertiary/aromatic N) is 3. The predicted octanol–water partition coefficient (Wildman–Crippen LogP) is 4.13. The lowest BCUT2D eigenvalue weighted by Gasteiger charge is -2.16. The summed E-state index contributed by atoms with van der Waals surface area (Å²) in [5.74, 6) is 1.30. The second kappa shape index (κ2) is 9.19. The number of carbonyl (C=O) groups is 1. The van der Waals surface area contributed by atoms with Crippen LogP contribution in [-0.2, 0) is 23.3 Å². The second-order valence-electron chi connectivity index (χ2n) is 8.57. The van der Waals surface area contributed by atoms with E-state index in [9.17, 15) is 13.2 Å². The van der Waals surface area contributed by atoms with Gasteiger partial charge < -0.3 is 4.57 Å². The van der Waals surface area contributed by atoms with Crippen LogP contribution in [-0.4, -0.2) is 40.5 Å². The maximum absolute atomic E-state index is 13.5. The summed E-state index contributed by atoms with van der Waals surface area (Å²) in [4.78, 5) is 13.5. The Morgan fingerprint density at radius 1 is 1.06 bits per heavy atom. The number of rotatable bonds is 7. The summed E-state index contributed by atoms with van der Waals surface area (Å²) < 4.78 is 25.5. The molecule has 3 aromatic rings. The molecule has 1 aliphatic rings. The van der Waals surface area contributed by atoms with Crippen molar-refractivity contribution in [3.63, 3.8) is 0 Å². The van der Waals surface area contributed by atoms with Gasteiger partial charge >= 0.3 is 0 Å². The first kappa shape index (κ1) is 22.7. The van der Waals surface area contributed by atoms with Crippen molar-refractivity contribution in [2.45, 2.75) is 37.1 Å². The van der Waals surface area contributed by atoms with Gasteiger partial charge in [0, 0.05) is 19.0 Å². The highest BCUT2D eigenvalue weighted by atomic mass is 32.2. The van der Waals surface area contributed by atoms with E-state index in [1.54, 1.807) is 0 Å². The van der Waals surface area contributed by atoms with Gasteiger partial charge in [0.25, 0.3) is 0 Å². The smallest absolute Gasteiger partial charge is 0.191 e. The molecular weight excluding hydrogens is 442 g/mol. The number of sulfone groups is 1. The van der Waals surface area contributed by atoms with Gasteiger partial charge in [-0.15, -0.1) is 10.2 Å². The fraction of sp³-hybridized carbons (Fsp3) is 0.375. The van der Waals surface area contributed by atoms with Crippen LogP contribution in [0.25, 0.3) is 0 Å². The van der Waals surface area contributed by atoms with E-state index in [2.05, 4.69) is 10.2 Å². The normalized spacial score (nSPS) is 18.5. The fourth-order valence-electron chi connectivity index (χ4n) is 3.91. The molecule has 0 N–H and O–H groups in total. The van der Waals surface area contributed by atoms with Crippen molar-refractivity contribution in [2.24, 2.45) is 13.0 Å². The largest absolute Gasteiger partial charge is 0.309 e. The summed E-state index contributed by atoms with van der Waals surface area (Å²) in [6, 6.07) is 15.6. The van der Waals surface area contributed by atoms with Crippen LogP contribution in [0.3, 0.4) is 0 Å². The molecule has 1 saturated heterocycles. The monoisotopic (exact) mass is 469 g/mol. The highest BCUT2D eigenvalue weighted by molar-refractivity contribution is 8.00. The number of ketones is 1. The van der Waals surface area contributed by atoms with Gasteiger partial charge in [-0.25, -0.2) is 8.42 Å². The van der Waals surface area contributed by atoms with Gasteiger partial charge in [-0.1, -0.05) is 71.4 Å². The third kappa shape index (κ3) is 5.13. The molecule has 0 amide bonds. The Balaban J connectivity index is 1.60. The van der Waals surface area contributed by atoms with E-state index in [1.165, 1.54) is 11.8 Å². The second-order valence-corrected chi connectivity index (χ2v) is 11.9. The Kier molecular flexibility index (Phi) is 6.53. The summed E-state index contributed by atoms with van der Waals surface area (Å²) >= 11 is 1.38. The minimum Gasteiger partial charge on any atom is -0.309 e. The molecule has 32 heavy (non-hydrogen) atoms. The highest BCUT2D eigenvalue weighted by Crippen LogP contribution is 2.37. The van der Waals surface area contributed by atoms with Crippen molar-refractivity contribution in [2.75, 3.05) is 11.5 Å². The number of aromatic nitrogens is 3. The van der Waals surface area contributed by atoms with Gasteiger partial charge in [0.05, 0.1) is 11.5 Å². The van der Waals surface area contributed by atoms with Gasteiger partial charge in [0.2, 0.25) is 0 Å². The zero-order chi connectivity index (χ0) is 22.9. The van der Waals surface area contributed by atoms with Gasteiger partial charge in [-0.2, -0.15) is 0 Å². The Morgan fingerprint density at radius 3 is 2.28 bits per heavy atom. The molecule has 2 unspecified atom stereocenters. The van der Waals surface area contributed by atoms with Crippen LogP contribution < -0.4 is 0 Å². The van der Waals surface area contributed by atoms with Gasteiger partial charge in [0.15, 0.2) is 20.8 Å². The highest BCUT2D eigenvalue weighted by Gasteiger charge is 2.30. The summed E-state index contributed by atoms with van der Waals surface area (Å²) in [6.45, 7) is 4.02. The standard InChI is InChI=1S/C24H27N3O3S2/c1-16-4-8-19(9-5-16)22(28)23(20-10-6-17(2)7-11-20)31-24-26-25-21(27(24)3)14-18-12-13-32(29,30)15-18/h4-11,18,23H,12-15H2,1-3H3. The summed E-state index contributed by atoms with van der Waals surface area (Å²) in [7, 11) is -1.05. The van der Waals surface area contributed by atoms with E-state index in [-0.39, 0.29) is 23.2 Å². The van der Waals surface area contributed by atoms with Crippen molar-refractivity contribution in [3.05, 3.63) is 76.6 Å². The first-order valence-corrected chi connectivity index (χ1v) is 13.3. The number of thioether (sulfide) groups is 1. The Morgan fingerprint density at radius 2 is 1.69 bits per heavy atom. The van der Waals surface area contributed by atoms with Gasteiger partial charge in [-0.05, 0) is 31.7 Å². The van der Waals surface area contributed by atoms with E-state index in [4.69, 9.17) is 0 Å². The van der Waals surface area contributed by atoms with Gasteiger partial charge in [-0.3, -0.25) is 4.79 Å². The van der Waals surface area contributed by atoms with Crippen LogP contribution in [0.15, 0.2) is 53.7 Å². The third-order valence-electron chi connectivity index (χ3n) is 5.90. The van der Waals surface area contributed by atoms with Crippen molar-refractivity contribution < 1.29 is 13.2 Å². The number of Topliss-reactive ketones (excluding diaryl/α,β-unsaturated/α-hetero) is 1. The van der Waals surface area contributed by atoms with Crippen LogP contribution >= 0.6 is 11.8 Å². The van der Waals surface area contributed by atoms with Crippen LogP contribution in [0.5, 0.6) is 0 Å². The number of carbonyl (C=O) groups excluding carboxylic acids is 1. The fourth-order valence-corrected chi connectivity index (χ4v) is 6.87. The first-order chi connectivity index (χ1) is 15.2. The molecule has 4 rings (SSSR count). The summed E-state index contributed by atoms with van der Waals surface area (Å²) in [5.41, 5.74) is 3.81. The molecule has 0 bridgehead atoms. The van der Waals surface area contributed by atoms with E-state index in [0.29, 0.717) is 23.6 Å². The van der Waals surface area contributed by atoms with E-state index >= 15 is 0 Å². The minimum atomic E-state index is -2.93. The zero-order valence-electron chi connectivity index (χ0n) is 18.5. The number of hydrogen-bond acceptors (Lipinski definition) is 6. The van der Waals surface area contributed by atoms with E-state index in [0.717, 1.165) is 22.5 Å². The quantitative estimate of drug-likeness (QED) is 0.382. The van der Waals surface area contributed by atoms with Crippen LogP contribution in [0, 0.1) is 19.8 Å². The summed E-state index contributed by atoms with van der Waals surface area (Å²) in [5, 5.41) is 8.85. The van der Waals surface area contributed by atoms with Crippen LogP contribution in [0.1, 0.15) is 44.5 Å². The molecule has 0 spiro atoms. The molecule has 0 aliphatic carbocycles. The number of hydrogen-bond donors (Lipinski definition) is 0. The lowest BCUT2D eigenvalue weighted by atomic mass is 10.0. The average Bonchev–Trinajstić information content (AvgIpc) is 3.28. The molecule has 168 valence electrons. The third-order valence-corrected chi connectivity index (χ3v) is 9.03. The molecule has 8 heteroatoms. The minimum absolute atomic E-state index is 0.0188. The number of benzene rings is 2. The first-order valence-electron chi connectivity index (χ1n) is 10.6. The topological polar surface area (TPSA) is 81.9 Å². The molecule has 6 nitrogen and oxygen atoms in total. The molecule has 1 aromatic heterocycles. The van der Waals surface area contributed by atoms with Crippen molar-refractivity contribution >= 4 is 27.4 Å². The van der Waals surface area contributed by atoms with Crippen LogP contribution in [0.2, 0.25) is 0 Å². The molecular formula is C24H27N3O3S2. The maximum atomic E-state index is 13.5. The van der Waals surface area contributed by atoms with Crippen molar-refractivity contribution in [3.8, 4) is 0 Å². The Hall–Kier alpha value is -2.45. The summed E-state index contributed by atoms with van der Waals surface area (Å²) in [6.07, 6.45) is 1.24. The SMILES string of the molecule is Cc1ccc(C(=O)C(Sc2nnc(CC3CCS(=O)(=O)C3)n2C)c2ccc(C)cc2)cc1. The predicted molar refractivity (Wildman–Crippen MR) is 127 cm³/mol. The Bertz CT molecular complexity index is 1220. The van der Waals surface area contributed by atoms with Crippen molar-refractivity contribution in [1.82, 2.24) is 14.8 Å². The number of aryl methyl sites for hydroxylation is 2. The molecule has 0 saturated carbocycles. The Labute approximate surface area is 193 Å². The van der Waals surface area contributed by atoms with Crippen LogP contribution in [0.4, 0.5) is 0 Å². The molecule has 2 heterocycles. The van der Waals surface area contributed by atoms with Crippen molar-refractivity contribution in [1.29, 1.82) is 0 Å². The molecule has 0 radical (unpaired) electrons. The lowest BCUT2D eigenvalue weighted by molar-refractivity contribution is 0.0989. The zero-order valence-corrected chi connectivity index (χ0v) is 20.1. The maximum Gasteiger partial charge on any atom is 0.191 e. The average molecular weight is 470 g/mol. The molecule has 1 aliphatic heterocycles. The van der Waals surface area contributed by atoms with E-state index < -0.39 is 15.1 Å². The molecule has 2 aromatic carbocycles.